The summed E-state index contributed by atoms with van der Waals surface area (Å²) in [5, 5.41) is 10.0. The summed E-state index contributed by atoms with van der Waals surface area (Å²) < 4.78 is 0. The van der Waals surface area contributed by atoms with Gasteiger partial charge in [0.1, 0.15) is 11.0 Å². The highest BCUT2D eigenvalue weighted by Crippen LogP contribution is 2.22. The first-order chi connectivity index (χ1) is 11.6. The van der Waals surface area contributed by atoms with Crippen LogP contribution in [0.2, 0.25) is 0 Å². The molecule has 24 heavy (non-hydrogen) atoms. The molecule has 0 aromatic carbocycles. The predicted octanol–water partition coefficient (Wildman–Crippen LogP) is 0.462. The van der Waals surface area contributed by atoms with Gasteiger partial charge >= 0.3 is 6.03 Å². The van der Waals surface area contributed by atoms with E-state index in [9.17, 15) is 14.4 Å². The lowest BCUT2D eigenvalue weighted by Gasteiger charge is -2.07. The average Bonchev–Trinajstić information content (AvgIpc) is 3.15. The molecule has 0 saturated carbocycles. The van der Waals surface area contributed by atoms with Crippen molar-refractivity contribution in [2.24, 2.45) is 0 Å². The minimum Gasteiger partial charge on any atom is -0.356 e. The maximum Gasteiger partial charge on any atom is 0.322 e. The Balaban J connectivity index is 1.45. The number of nitrogens with one attached hydrogen (secondary N) is 3. The number of hydrogen-bond acceptors (Lipinski definition) is 6. The van der Waals surface area contributed by atoms with Gasteiger partial charge in [0.2, 0.25) is 5.91 Å². The van der Waals surface area contributed by atoms with Crippen molar-refractivity contribution in [3.63, 3.8) is 0 Å². The number of hydrogen-bond donors (Lipinski definition) is 3. The van der Waals surface area contributed by atoms with Crippen LogP contribution in [0.15, 0.2) is 29.9 Å². The van der Waals surface area contributed by atoms with Gasteiger partial charge in [-0.15, -0.1) is 11.3 Å². The molecule has 0 spiro atoms. The molecule has 2 aromatic rings. The van der Waals surface area contributed by atoms with E-state index in [-0.39, 0.29) is 12.3 Å². The molecule has 3 heterocycles. The lowest BCUT2D eigenvalue weighted by Crippen LogP contribution is -2.36. The van der Waals surface area contributed by atoms with Crippen LogP contribution >= 0.6 is 11.3 Å². The summed E-state index contributed by atoms with van der Waals surface area (Å²) in [6.45, 7) is 0.414. The first-order valence-corrected chi connectivity index (χ1v) is 8.22. The van der Waals surface area contributed by atoms with Crippen molar-refractivity contribution in [1.82, 2.24) is 25.9 Å². The number of amides is 4. The van der Waals surface area contributed by atoms with Gasteiger partial charge in [-0.3, -0.25) is 19.9 Å². The molecule has 2 aromatic heterocycles. The highest BCUT2D eigenvalue weighted by Gasteiger charge is 2.31. The van der Waals surface area contributed by atoms with Crippen molar-refractivity contribution in [3.05, 3.63) is 35.6 Å². The van der Waals surface area contributed by atoms with Crippen molar-refractivity contribution in [2.75, 3.05) is 6.54 Å². The van der Waals surface area contributed by atoms with E-state index in [1.165, 1.54) is 11.3 Å². The Morgan fingerprint density at radius 3 is 2.96 bits per heavy atom. The molecule has 1 saturated heterocycles. The molecule has 9 heteroatoms. The summed E-state index contributed by atoms with van der Waals surface area (Å²) in [6, 6.07) is 2.43. The Labute approximate surface area is 141 Å². The second-order valence-corrected chi connectivity index (χ2v) is 6.06. The van der Waals surface area contributed by atoms with Crippen LogP contribution in [0.4, 0.5) is 4.79 Å². The molecule has 0 aliphatic carbocycles. The minimum atomic E-state index is -0.797. The van der Waals surface area contributed by atoms with Gasteiger partial charge in [-0.2, -0.15) is 0 Å². The summed E-state index contributed by atoms with van der Waals surface area (Å²) in [6.07, 6.45) is 3.98. The number of urea groups is 1. The van der Waals surface area contributed by atoms with Crippen molar-refractivity contribution < 1.29 is 14.4 Å². The van der Waals surface area contributed by atoms with Gasteiger partial charge in [0.15, 0.2) is 0 Å². The van der Waals surface area contributed by atoms with Gasteiger partial charge in [-0.25, -0.2) is 9.78 Å². The number of nitrogens with zero attached hydrogens (tertiary/aromatic N) is 2. The fourth-order valence-corrected chi connectivity index (χ4v) is 3.08. The number of pyridine rings is 1. The van der Waals surface area contributed by atoms with Crippen LogP contribution in [0.5, 0.6) is 0 Å². The van der Waals surface area contributed by atoms with Crippen molar-refractivity contribution in [3.8, 4) is 10.6 Å². The largest absolute Gasteiger partial charge is 0.356 e. The van der Waals surface area contributed by atoms with E-state index in [1.807, 2.05) is 17.5 Å². The van der Waals surface area contributed by atoms with Gasteiger partial charge in [0.05, 0.1) is 12.1 Å². The zero-order chi connectivity index (χ0) is 16.9. The fourth-order valence-electron chi connectivity index (χ4n) is 2.23. The monoisotopic (exact) mass is 345 g/mol. The number of aromatic nitrogens is 2. The third-order valence-corrected chi connectivity index (χ3v) is 4.35. The molecule has 3 N–H and O–H groups in total. The van der Waals surface area contributed by atoms with Crippen LogP contribution in [-0.4, -0.2) is 40.4 Å². The van der Waals surface area contributed by atoms with Crippen molar-refractivity contribution >= 4 is 29.2 Å². The Kier molecular flexibility index (Phi) is 4.80. The molecule has 0 radical (unpaired) electrons. The Hall–Kier alpha value is -2.81. The third kappa shape index (κ3) is 3.93. The van der Waals surface area contributed by atoms with Gasteiger partial charge in [0.25, 0.3) is 5.91 Å². The summed E-state index contributed by atoms with van der Waals surface area (Å²) in [7, 11) is 0. The van der Waals surface area contributed by atoms with Crippen LogP contribution in [0, 0.1) is 0 Å². The lowest BCUT2D eigenvalue weighted by atomic mass is 10.2. The number of imide groups is 1. The second kappa shape index (κ2) is 7.18. The van der Waals surface area contributed by atoms with E-state index >= 15 is 0 Å². The Bertz CT molecular complexity index is 761. The summed E-state index contributed by atoms with van der Waals surface area (Å²) in [5.41, 5.74) is 1.84. The highest BCUT2D eigenvalue weighted by molar-refractivity contribution is 7.13. The zero-order valence-corrected chi connectivity index (χ0v) is 13.4. The maximum absolute atomic E-state index is 11.8. The standard InChI is InChI=1S/C15H15N5O3S/c21-12(6-11-13(22)20-15(23)19-11)17-5-3-10-8-24-14(18-10)9-2-1-4-16-7-9/h1-2,4,7-8,11H,3,5-6H2,(H,17,21)(H2,19,20,22,23). The van der Waals surface area contributed by atoms with E-state index in [0.29, 0.717) is 13.0 Å². The number of rotatable bonds is 6. The molecular weight excluding hydrogens is 330 g/mol. The summed E-state index contributed by atoms with van der Waals surface area (Å²) >= 11 is 1.52. The molecule has 0 bridgehead atoms. The molecule has 4 amide bonds. The minimum absolute atomic E-state index is 0.0738. The topological polar surface area (TPSA) is 113 Å². The Morgan fingerprint density at radius 2 is 2.25 bits per heavy atom. The molecule has 1 atom stereocenters. The smallest absolute Gasteiger partial charge is 0.322 e. The van der Waals surface area contributed by atoms with Gasteiger partial charge in [0, 0.05) is 36.3 Å². The SMILES string of the molecule is O=C(CC1NC(=O)NC1=O)NCCc1csc(-c2cccnc2)n1. The van der Waals surface area contributed by atoms with E-state index in [4.69, 9.17) is 0 Å². The quantitative estimate of drug-likeness (QED) is 0.659. The van der Waals surface area contributed by atoms with Crippen LogP contribution in [0.3, 0.4) is 0 Å². The fraction of sp³-hybridized carbons (Fsp3) is 0.267. The van der Waals surface area contributed by atoms with Crippen molar-refractivity contribution in [1.29, 1.82) is 0 Å². The number of carbonyl (C=O) groups is 3. The first kappa shape index (κ1) is 16.1. The van der Waals surface area contributed by atoms with E-state index < -0.39 is 18.0 Å². The van der Waals surface area contributed by atoms with Gasteiger partial charge in [-0.05, 0) is 12.1 Å². The first-order valence-electron chi connectivity index (χ1n) is 7.34. The van der Waals surface area contributed by atoms with Crippen molar-refractivity contribution in [2.45, 2.75) is 18.9 Å². The maximum atomic E-state index is 11.8. The predicted molar refractivity (Wildman–Crippen MR) is 87.1 cm³/mol. The Morgan fingerprint density at radius 1 is 1.38 bits per heavy atom. The summed E-state index contributed by atoms with van der Waals surface area (Å²) in [5.74, 6) is -0.768. The van der Waals surface area contributed by atoms with E-state index in [1.54, 1.807) is 12.4 Å². The third-order valence-electron chi connectivity index (χ3n) is 3.41. The highest BCUT2D eigenvalue weighted by atomic mass is 32.1. The van der Waals surface area contributed by atoms with Crippen LogP contribution in [0.1, 0.15) is 12.1 Å². The van der Waals surface area contributed by atoms with E-state index in [0.717, 1.165) is 16.3 Å². The molecule has 1 unspecified atom stereocenters. The normalized spacial score (nSPS) is 16.6. The molecule has 1 aliphatic rings. The number of thiazole rings is 1. The van der Waals surface area contributed by atoms with Gasteiger partial charge < -0.3 is 10.6 Å². The average molecular weight is 345 g/mol. The van der Waals surface area contributed by atoms with Gasteiger partial charge in [-0.1, -0.05) is 0 Å². The summed E-state index contributed by atoms with van der Waals surface area (Å²) in [4.78, 5) is 42.7. The molecule has 124 valence electrons. The van der Waals surface area contributed by atoms with E-state index in [2.05, 4.69) is 25.9 Å². The number of carbonyl (C=O) groups excluding carboxylic acids is 3. The second-order valence-electron chi connectivity index (χ2n) is 5.21. The zero-order valence-electron chi connectivity index (χ0n) is 12.6. The molecule has 1 fully saturated rings. The molecule has 1 aliphatic heterocycles. The van der Waals surface area contributed by atoms with Crippen LogP contribution in [-0.2, 0) is 16.0 Å². The molecular formula is C15H15N5O3S. The molecule has 3 rings (SSSR count). The lowest BCUT2D eigenvalue weighted by molar-refractivity contribution is -0.126. The van der Waals surface area contributed by atoms with Crippen LogP contribution in [0.25, 0.3) is 10.6 Å². The molecule has 8 nitrogen and oxygen atoms in total. The van der Waals surface area contributed by atoms with Crippen LogP contribution < -0.4 is 16.0 Å².